The zero-order valence-electron chi connectivity index (χ0n) is 7.52. The molecule has 15 heavy (non-hydrogen) atoms. The number of rotatable bonds is 2. The van der Waals surface area contributed by atoms with Crippen molar-refractivity contribution < 1.29 is 5.11 Å². The molecular weight excluding hydrogens is 298 g/mol. The zero-order chi connectivity index (χ0) is 10.8. The Morgan fingerprint density at radius 1 is 1.40 bits per heavy atom. The van der Waals surface area contributed by atoms with Crippen LogP contribution in [0.4, 0.5) is 0 Å². The van der Waals surface area contributed by atoms with E-state index in [1.165, 1.54) is 11.3 Å². The molecule has 2 heterocycles. The summed E-state index contributed by atoms with van der Waals surface area (Å²) < 4.78 is 0.885. The highest BCUT2D eigenvalue weighted by atomic mass is 79.9. The molecule has 1 unspecified atom stereocenters. The van der Waals surface area contributed by atoms with Gasteiger partial charge in [0.2, 0.25) is 0 Å². The number of aliphatic hydroxyl groups excluding tert-OH is 1. The molecule has 0 aliphatic rings. The molecule has 0 saturated carbocycles. The molecule has 2 rings (SSSR count). The Balaban J connectivity index is 2.32. The van der Waals surface area contributed by atoms with Crippen LogP contribution in [-0.2, 0) is 0 Å². The summed E-state index contributed by atoms with van der Waals surface area (Å²) in [5, 5.41) is 12.4. The van der Waals surface area contributed by atoms with E-state index in [2.05, 4.69) is 20.9 Å². The molecule has 0 spiro atoms. The first-order chi connectivity index (χ1) is 7.18. The van der Waals surface area contributed by atoms with E-state index in [4.69, 9.17) is 11.6 Å². The SMILES string of the molecule is OC(c1ccc(Br)cn1)c1sccc1Cl. The second-order valence-electron chi connectivity index (χ2n) is 2.94. The normalized spacial score (nSPS) is 12.7. The lowest BCUT2D eigenvalue weighted by molar-refractivity contribution is 0.219. The number of aromatic nitrogens is 1. The van der Waals surface area contributed by atoms with Crippen LogP contribution in [0.5, 0.6) is 0 Å². The smallest absolute Gasteiger partial charge is 0.131 e. The lowest BCUT2D eigenvalue weighted by Gasteiger charge is -2.08. The van der Waals surface area contributed by atoms with Crippen LogP contribution in [0.15, 0.2) is 34.2 Å². The summed E-state index contributed by atoms with van der Waals surface area (Å²) in [5.41, 5.74) is 0.600. The van der Waals surface area contributed by atoms with Crippen LogP contribution < -0.4 is 0 Å². The molecule has 0 aliphatic heterocycles. The first-order valence-electron chi connectivity index (χ1n) is 4.21. The highest BCUT2D eigenvalue weighted by Crippen LogP contribution is 2.32. The van der Waals surface area contributed by atoms with E-state index in [0.717, 1.165) is 9.35 Å². The van der Waals surface area contributed by atoms with Gasteiger partial charge in [0, 0.05) is 10.7 Å². The van der Waals surface area contributed by atoms with Crippen molar-refractivity contribution in [1.29, 1.82) is 0 Å². The fraction of sp³-hybridized carbons (Fsp3) is 0.100. The van der Waals surface area contributed by atoms with Gasteiger partial charge >= 0.3 is 0 Å². The van der Waals surface area contributed by atoms with Crippen LogP contribution in [0.1, 0.15) is 16.7 Å². The van der Waals surface area contributed by atoms with Gasteiger partial charge in [0.25, 0.3) is 0 Å². The topological polar surface area (TPSA) is 33.1 Å². The van der Waals surface area contributed by atoms with Crippen LogP contribution in [0.3, 0.4) is 0 Å². The minimum Gasteiger partial charge on any atom is -0.381 e. The fourth-order valence-electron chi connectivity index (χ4n) is 1.18. The van der Waals surface area contributed by atoms with Crippen LogP contribution >= 0.6 is 38.9 Å². The Morgan fingerprint density at radius 2 is 2.20 bits per heavy atom. The van der Waals surface area contributed by atoms with Crippen molar-refractivity contribution in [2.45, 2.75) is 6.10 Å². The summed E-state index contributed by atoms with van der Waals surface area (Å²) in [7, 11) is 0. The minimum absolute atomic E-state index is 0.581. The molecule has 1 atom stereocenters. The van der Waals surface area contributed by atoms with E-state index >= 15 is 0 Å². The Morgan fingerprint density at radius 3 is 2.73 bits per heavy atom. The highest BCUT2D eigenvalue weighted by Gasteiger charge is 2.16. The molecule has 0 radical (unpaired) electrons. The van der Waals surface area contributed by atoms with Crippen molar-refractivity contribution in [2.24, 2.45) is 0 Å². The van der Waals surface area contributed by atoms with Gasteiger partial charge in [-0.25, -0.2) is 0 Å². The van der Waals surface area contributed by atoms with E-state index in [-0.39, 0.29) is 0 Å². The predicted molar refractivity (Wildman–Crippen MR) is 65.3 cm³/mol. The summed E-state index contributed by atoms with van der Waals surface area (Å²) in [4.78, 5) is 4.85. The number of thiophene rings is 1. The zero-order valence-corrected chi connectivity index (χ0v) is 10.7. The average Bonchev–Trinajstić information content (AvgIpc) is 2.65. The molecule has 5 heteroatoms. The lowest BCUT2D eigenvalue weighted by Crippen LogP contribution is -2.00. The van der Waals surface area contributed by atoms with Crippen molar-refractivity contribution in [3.63, 3.8) is 0 Å². The summed E-state index contributed by atoms with van der Waals surface area (Å²) in [6.07, 6.45) is 0.908. The maximum absolute atomic E-state index is 10.0. The molecular formula is C10H7BrClNOS. The van der Waals surface area contributed by atoms with E-state index in [9.17, 15) is 5.11 Å². The number of pyridine rings is 1. The fourth-order valence-corrected chi connectivity index (χ4v) is 2.57. The second-order valence-corrected chi connectivity index (χ2v) is 5.21. The number of hydrogen-bond donors (Lipinski definition) is 1. The quantitative estimate of drug-likeness (QED) is 0.919. The third kappa shape index (κ3) is 2.39. The third-order valence-electron chi connectivity index (χ3n) is 1.92. The molecule has 2 nitrogen and oxygen atoms in total. The summed E-state index contributed by atoms with van der Waals surface area (Å²) in [6, 6.07) is 5.38. The number of halogens is 2. The Bertz CT molecular complexity index is 457. The summed E-state index contributed by atoms with van der Waals surface area (Å²) in [5.74, 6) is 0. The van der Waals surface area contributed by atoms with E-state index < -0.39 is 6.10 Å². The predicted octanol–water partition coefficient (Wildman–Crippen LogP) is 3.64. The van der Waals surface area contributed by atoms with Crippen molar-refractivity contribution in [1.82, 2.24) is 4.98 Å². The van der Waals surface area contributed by atoms with Gasteiger partial charge in [-0.3, -0.25) is 4.98 Å². The summed E-state index contributed by atoms with van der Waals surface area (Å²) >= 11 is 10.6. The first kappa shape index (κ1) is 11.1. The largest absolute Gasteiger partial charge is 0.381 e. The molecule has 2 aromatic rings. The monoisotopic (exact) mass is 303 g/mol. The van der Waals surface area contributed by atoms with E-state index in [0.29, 0.717) is 10.7 Å². The number of hydrogen-bond acceptors (Lipinski definition) is 3. The molecule has 0 bridgehead atoms. The van der Waals surface area contributed by atoms with Gasteiger partial charge in [0.15, 0.2) is 0 Å². The molecule has 1 N–H and O–H groups in total. The Labute approximate surface area is 105 Å². The molecule has 0 aromatic carbocycles. The first-order valence-corrected chi connectivity index (χ1v) is 6.26. The summed E-state index contributed by atoms with van der Waals surface area (Å²) in [6.45, 7) is 0. The van der Waals surface area contributed by atoms with Crippen molar-refractivity contribution in [3.8, 4) is 0 Å². The van der Waals surface area contributed by atoms with Gasteiger partial charge < -0.3 is 5.11 Å². The highest BCUT2D eigenvalue weighted by molar-refractivity contribution is 9.10. The van der Waals surface area contributed by atoms with E-state index in [1.807, 2.05) is 11.4 Å². The number of nitrogens with zero attached hydrogens (tertiary/aromatic N) is 1. The second kappa shape index (κ2) is 4.61. The van der Waals surface area contributed by atoms with Gasteiger partial charge in [-0.2, -0.15) is 0 Å². The van der Waals surface area contributed by atoms with Crippen LogP contribution in [0.2, 0.25) is 5.02 Å². The molecule has 0 amide bonds. The average molecular weight is 305 g/mol. The van der Waals surface area contributed by atoms with Crippen LogP contribution in [-0.4, -0.2) is 10.1 Å². The molecule has 78 valence electrons. The number of aliphatic hydroxyl groups is 1. The maximum atomic E-state index is 10.0. The van der Waals surface area contributed by atoms with Crippen molar-refractivity contribution >= 4 is 38.9 Å². The van der Waals surface area contributed by atoms with E-state index in [1.54, 1.807) is 18.3 Å². The Kier molecular flexibility index (Phi) is 3.41. The lowest BCUT2D eigenvalue weighted by atomic mass is 10.2. The molecule has 0 fully saturated rings. The molecule has 0 aliphatic carbocycles. The van der Waals surface area contributed by atoms with Gasteiger partial charge in [-0.05, 0) is 39.5 Å². The van der Waals surface area contributed by atoms with Gasteiger partial charge in [0.05, 0.1) is 15.6 Å². The van der Waals surface area contributed by atoms with Crippen molar-refractivity contribution in [3.05, 3.63) is 49.8 Å². The minimum atomic E-state index is -0.745. The van der Waals surface area contributed by atoms with Gasteiger partial charge in [-0.15, -0.1) is 11.3 Å². The van der Waals surface area contributed by atoms with Gasteiger partial charge in [-0.1, -0.05) is 11.6 Å². The maximum Gasteiger partial charge on any atom is 0.131 e. The third-order valence-corrected chi connectivity index (χ3v) is 3.80. The van der Waals surface area contributed by atoms with Crippen LogP contribution in [0.25, 0.3) is 0 Å². The molecule has 0 saturated heterocycles. The Hall–Kier alpha value is -0.420. The van der Waals surface area contributed by atoms with Crippen molar-refractivity contribution in [2.75, 3.05) is 0 Å². The van der Waals surface area contributed by atoms with Crippen LogP contribution in [0, 0.1) is 0 Å². The van der Waals surface area contributed by atoms with Gasteiger partial charge in [0.1, 0.15) is 6.10 Å². The molecule has 2 aromatic heterocycles. The standard InChI is InChI=1S/C10H7BrClNOS/c11-6-1-2-8(13-5-6)9(14)10-7(12)3-4-15-10/h1-5,9,14H.